The van der Waals surface area contributed by atoms with Crippen LogP contribution in [0.25, 0.3) is 0 Å². The van der Waals surface area contributed by atoms with E-state index < -0.39 is 0 Å². The van der Waals surface area contributed by atoms with Gasteiger partial charge in [-0.1, -0.05) is 42.7 Å². The van der Waals surface area contributed by atoms with Gasteiger partial charge in [0.2, 0.25) is 11.8 Å². The molecule has 4 heteroatoms. The molecule has 0 bridgehead atoms. The molecule has 2 amide bonds. The summed E-state index contributed by atoms with van der Waals surface area (Å²) in [6.45, 7) is 3.30. The zero-order valence-electron chi connectivity index (χ0n) is 13.9. The molecule has 1 saturated carbocycles. The van der Waals surface area contributed by atoms with Gasteiger partial charge in [-0.2, -0.15) is 0 Å². The smallest absolute Gasteiger partial charge is 0.224 e. The lowest BCUT2D eigenvalue weighted by Gasteiger charge is -2.31. The second-order valence-corrected chi connectivity index (χ2v) is 7.11. The van der Waals surface area contributed by atoms with Gasteiger partial charge in [0.25, 0.3) is 0 Å². The topological polar surface area (TPSA) is 58.2 Å². The molecule has 1 saturated heterocycles. The zero-order chi connectivity index (χ0) is 16.3. The quantitative estimate of drug-likeness (QED) is 0.897. The molecule has 124 valence electrons. The molecule has 1 aromatic carbocycles. The Kier molecular flexibility index (Phi) is 4.69. The Morgan fingerprint density at radius 2 is 2.13 bits per heavy atom. The normalized spacial score (nSPS) is 23.3. The molecular formula is C19H26N2O2. The van der Waals surface area contributed by atoms with Gasteiger partial charge in [0.1, 0.15) is 0 Å². The average Bonchev–Trinajstić information content (AvgIpc) is 3.03. The molecule has 0 spiro atoms. The predicted molar refractivity (Wildman–Crippen MR) is 90.1 cm³/mol. The van der Waals surface area contributed by atoms with Crippen LogP contribution in [0.3, 0.4) is 0 Å². The Morgan fingerprint density at radius 3 is 2.78 bits per heavy atom. The minimum absolute atomic E-state index is 0.0565. The summed E-state index contributed by atoms with van der Waals surface area (Å²) in [4.78, 5) is 23.7. The highest BCUT2D eigenvalue weighted by molar-refractivity contribution is 5.83. The average molecular weight is 314 g/mol. The van der Waals surface area contributed by atoms with Crippen molar-refractivity contribution in [1.29, 1.82) is 0 Å². The Bertz CT molecular complexity index is 581. The summed E-state index contributed by atoms with van der Waals surface area (Å²) < 4.78 is 0. The molecule has 2 aliphatic rings. The molecular weight excluding hydrogens is 288 g/mol. The van der Waals surface area contributed by atoms with Crippen molar-refractivity contribution in [3.63, 3.8) is 0 Å². The van der Waals surface area contributed by atoms with E-state index in [1.807, 2.05) is 0 Å². The lowest BCUT2D eigenvalue weighted by atomic mass is 9.78. The van der Waals surface area contributed by atoms with Gasteiger partial charge in [-0.3, -0.25) is 9.59 Å². The van der Waals surface area contributed by atoms with Gasteiger partial charge in [-0.25, -0.2) is 0 Å². The summed E-state index contributed by atoms with van der Waals surface area (Å²) in [7, 11) is 0. The number of hydrogen-bond donors (Lipinski definition) is 2. The molecule has 4 nitrogen and oxygen atoms in total. The van der Waals surface area contributed by atoms with Crippen molar-refractivity contribution in [3.8, 4) is 0 Å². The first kappa shape index (κ1) is 16.0. The van der Waals surface area contributed by atoms with Crippen LogP contribution in [0.1, 0.15) is 49.7 Å². The van der Waals surface area contributed by atoms with E-state index in [0.29, 0.717) is 25.9 Å². The number of carbonyl (C=O) groups is 2. The SMILES string of the molecule is Cc1cccc(C2(CNC(=O)[C@@H]3CCC(=O)NC3)CCCC2)c1. The third-order valence-electron chi connectivity index (χ3n) is 5.43. The number of hydrogen-bond acceptors (Lipinski definition) is 2. The first-order valence-corrected chi connectivity index (χ1v) is 8.71. The molecule has 2 fully saturated rings. The third-order valence-corrected chi connectivity index (χ3v) is 5.43. The highest BCUT2D eigenvalue weighted by Crippen LogP contribution is 2.40. The maximum atomic E-state index is 12.4. The summed E-state index contributed by atoms with van der Waals surface area (Å²) in [6, 6.07) is 8.70. The van der Waals surface area contributed by atoms with Crippen molar-refractivity contribution in [2.24, 2.45) is 5.92 Å². The molecule has 3 rings (SSSR count). The molecule has 23 heavy (non-hydrogen) atoms. The summed E-state index contributed by atoms with van der Waals surface area (Å²) in [5, 5.41) is 5.97. The van der Waals surface area contributed by atoms with Gasteiger partial charge in [0.05, 0.1) is 5.92 Å². The van der Waals surface area contributed by atoms with E-state index >= 15 is 0 Å². The molecule has 1 aliphatic carbocycles. The Hall–Kier alpha value is -1.84. The van der Waals surface area contributed by atoms with Crippen LogP contribution >= 0.6 is 0 Å². The Balaban J connectivity index is 1.66. The number of carbonyl (C=O) groups excluding carboxylic acids is 2. The van der Waals surface area contributed by atoms with Gasteiger partial charge < -0.3 is 10.6 Å². The number of amides is 2. The second-order valence-electron chi connectivity index (χ2n) is 7.11. The van der Waals surface area contributed by atoms with Gasteiger partial charge >= 0.3 is 0 Å². The van der Waals surface area contributed by atoms with Crippen molar-refractivity contribution in [1.82, 2.24) is 10.6 Å². The van der Waals surface area contributed by atoms with Crippen LogP contribution < -0.4 is 10.6 Å². The fraction of sp³-hybridized carbons (Fsp3) is 0.579. The zero-order valence-corrected chi connectivity index (χ0v) is 13.9. The predicted octanol–water partition coefficient (Wildman–Crippen LogP) is 2.45. The van der Waals surface area contributed by atoms with Crippen molar-refractivity contribution in [2.75, 3.05) is 13.1 Å². The summed E-state index contributed by atoms with van der Waals surface area (Å²) in [5.41, 5.74) is 2.71. The number of nitrogens with one attached hydrogen (secondary N) is 2. The standard InChI is InChI=1S/C19H26N2O2/c1-14-5-4-6-16(11-14)19(9-2-3-10-19)13-21-18(23)15-7-8-17(22)20-12-15/h4-6,11,15H,2-3,7-10,12-13H2,1H3,(H,20,22)(H,21,23)/t15-/m1/s1. The van der Waals surface area contributed by atoms with E-state index in [9.17, 15) is 9.59 Å². The van der Waals surface area contributed by atoms with Crippen LogP contribution in [0.5, 0.6) is 0 Å². The lowest BCUT2D eigenvalue weighted by molar-refractivity contribution is -0.129. The van der Waals surface area contributed by atoms with E-state index in [-0.39, 0.29) is 23.1 Å². The van der Waals surface area contributed by atoms with E-state index in [2.05, 4.69) is 41.8 Å². The molecule has 1 aliphatic heterocycles. The minimum Gasteiger partial charge on any atom is -0.355 e. The van der Waals surface area contributed by atoms with E-state index in [4.69, 9.17) is 0 Å². The van der Waals surface area contributed by atoms with Crippen molar-refractivity contribution >= 4 is 11.8 Å². The molecule has 1 atom stereocenters. The van der Waals surface area contributed by atoms with E-state index in [1.54, 1.807) is 0 Å². The summed E-state index contributed by atoms with van der Waals surface area (Å²) >= 11 is 0. The van der Waals surface area contributed by atoms with Gasteiger partial charge in [0.15, 0.2) is 0 Å². The minimum atomic E-state index is -0.0799. The highest BCUT2D eigenvalue weighted by Gasteiger charge is 2.36. The van der Waals surface area contributed by atoms with Crippen LogP contribution in [0.4, 0.5) is 0 Å². The van der Waals surface area contributed by atoms with Crippen LogP contribution in [-0.2, 0) is 15.0 Å². The van der Waals surface area contributed by atoms with Gasteiger partial charge in [-0.15, -0.1) is 0 Å². The van der Waals surface area contributed by atoms with Crippen LogP contribution in [0.15, 0.2) is 24.3 Å². The number of benzene rings is 1. The van der Waals surface area contributed by atoms with E-state index in [0.717, 1.165) is 12.8 Å². The van der Waals surface area contributed by atoms with Crippen molar-refractivity contribution in [3.05, 3.63) is 35.4 Å². The number of aryl methyl sites for hydroxylation is 1. The number of rotatable bonds is 4. The Labute approximate surface area is 138 Å². The van der Waals surface area contributed by atoms with Crippen molar-refractivity contribution < 1.29 is 9.59 Å². The van der Waals surface area contributed by atoms with Crippen LogP contribution in [-0.4, -0.2) is 24.9 Å². The monoisotopic (exact) mass is 314 g/mol. The summed E-state index contributed by atoms with van der Waals surface area (Å²) in [6.07, 6.45) is 5.85. The largest absolute Gasteiger partial charge is 0.355 e. The van der Waals surface area contributed by atoms with Gasteiger partial charge in [-0.05, 0) is 31.7 Å². The maximum absolute atomic E-state index is 12.4. The fourth-order valence-corrected chi connectivity index (χ4v) is 3.95. The van der Waals surface area contributed by atoms with Gasteiger partial charge in [0, 0.05) is 24.9 Å². The molecule has 0 aromatic heterocycles. The first-order valence-electron chi connectivity index (χ1n) is 8.71. The van der Waals surface area contributed by atoms with Crippen molar-refractivity contribution in [2.45, 2.75) is 50.9 Å². The first-order chi connectivity index (χ1) is 11.1. The Morgan fingerprint density at radius 1 is 1.35 bits per heavy atom. The number of piperidine rings is 1. The molecule has 1 heterocycles. The molecule has 0 unspecified atom stereocenters. The maximum Gasteiger partial charge on any atom is 0.224 e. The van der Waals surface area contributed by atoms with E-state index in [1.165, 1.54) is 24.0 Å². The fourth-order valence-electron chi connectivity index (χ4n) is 3.95. The molecule has 1 aromatic rings. The highest BCUT2D eigenvalue weighted by atomic mass is 16.2. The molecule has 2 N–H and O–H groups in total. The third kappa shape index (κ3) is 3.57. The van der Waals surface area contributed by atoms with Crippen LogP contribution in [0.2, 0.25) is 0 Å². The second kappa shape index (κ2) is 6.73. The lowest BCUT2D eigenvalue weighted by Crippen LogP contribution is -2.46. The summed E-state index contributed by atoms with van der Waals surface area (Å²) in [5.74, 6) is 0.0636. The molecule has 0 radical (unpaired) electrons. The van der Waals surface area contributed by atoms with Crippen LogP contribution in [0, 0.1) is 12.8 Å².